The van der Waals surface area contributed by atoms with Crippen LogP contribution in [-0.4, -0.2) is 33.6 Å². The Morgan fingerprint density at radius 2 is 1.65 bits per heavy atom. The van der Waals surface area contributed by atoms with Gasteiger partial charge >= 0.3 is 0 Å². The number of fused-ring (bicyclic) bond motifs is 2. The van der Waals surface area contributed by atoms with Gasteiger partial charge in [0, 0.05) is 23.5 Å². The van der Waals surface area contributed by atoms with E-state index >= 15 is 0 Å². The van der Waals surface area contributed by atoms with Crippen molar-refractivity contribution >= 4 is 28.6 Å². The van der Waals surface area contributed by atoms with E-state index in [-0.39, 0.29) is 6.42 Å². The molecule has 1 atom stereocenters. The van der Waals surface area contributed by atoms with Crippen molar-refractivity contribution in [3.63, 3.8) is 0 Å². The Morgan fingerprint density at radius 1 is 1.04 bits per heavy atom. The number of H-pyrrole nitrogens is 1. The van der Waals surface area contributed by atoms with E-state index in [4.69, 9.17) is 5.84 Å². The molecule has 1 aromatic heterocycles. The van der Waals surface area contributed by atoms with Crippen molar-refractivity contribution in [2.45, 2.75) is 12.5 Å². The third kappa shape index (κ3) is 2.37. The summed E-state index contributed by atoms with van der Waals surface area (Å²) in [6.45, 7) is 0. The Balaban J connectivity index is 1.74. The fraction of sp³-hybridized carbons (Fsp3) is 0.105. The normalized spacial score (nSPS) is 14.6. The Hall–Kier alpha value is -3.45. The number of aromatic nitrogens is 1. The first kappa shape index (κ1) is 16.0. The van der Waals surface area contributed by atoms with Gasteiger partial charge in [0.05, 0.1) is 11.1 Å². The van der Waals surface area contributed by atoms with Crippen molar-refractivity contribution in [2.24, 2.45) is 5.84 Å². The molecule has 3 amide bonds. The summed E-state index contributed by atoms with van der Waals surface area (Å²) in [5.74, 6) is 3.75. The molecule has 0 saturated carbocycles. The predicted octanol–water partition coefficient (Wildman–Crippen LogP) is 1.37. The van der Waals surface area contributed by atoms with Crippen molar-refractivity contribution < 1.29 is 14.4 Å². The van der Waals surface area contributed by atoms with Crippen LogP contribution in [0.2, 0.25) is 0 Å². The predicted molar refractivity (Wildman–Crippen MR) is 95.1 cm³/mol. The lowest BCUT2D eigenvalue weighted by atomic mass is 10.0. The van der Waals surface area contributed by atoms with Gasteiger partial charge in [-0.1, -0.05) is 30.3 Å². The zero-order valence-corrected chi connectivity index (χ0v) is 13.7. The Labute approximate surface area is 148 Å². The quantitative estimate of drug-likeness (QED) is 0.286. The van der Waals surface area contributed by atoms with Gasteiger partial charge in [0.2, 0.25) is 0 Å². The standard InChI is InChI=1S/C19H16N4O3/c20-22-17(24)16(9-11-10-21-15-8-4-3-5-12(11)15)23-18(25)13-6-1-2-7-14(13)19(23)26/h1-8,10,16,21H,9,20H2,(H,22,24)/t16-/m0/s1. The zero-order valence-electron chi connectivity index (χ0n) is 13.7. The summed E-state index contributed by atoms with van der Waals surface area (Å²) >= 11 is 0. The molecule has 0 saturated heterocycles. The molecule has 7 nitrogen and oxygen atoms in total. The number of benzene rings is 2. The van der Waals surface area contributed by atoms with Crippen LogP contribution in [0.1, 0.15) is 26.3 Å². The largest absolute Gasteiger partial charge is 0.361 e. The molecule has 1 aliphatic rings. The number of hydrogen-bond donors (Lipinski definition) is 3. The third-order valence-corrected chi connectivity index (χ3v) is 4.67. The molecule has 0 bridgehead atoms. The van der Waals surface area contributed by atoms with Crippen LogP contribution >= 0.6 is 0 Å². The second-order valence-corrected chi connectivity index (χ2v) is 6.11. The third-order valence-electron chi connectivity index (χ3n) is 4.67. The summed E-state index contributed by atoms with van der Waals surface area (Å²) in [4.78, 5) is 42.0. The minimum atomic E-state index is -1.04. The number of imide groups is 1. The first-order valence-electron chi connectivity index (χ1n) is 8.14. The number of rotatable bonds is 4. The fourth-order valence-corrected chi connectivity index (χ4v) is 3.40. The zero-order chi connectivity index (χ0) is 18.3. The number of nitrogens with zero attached hydrogens (tertiary/aromatic N) is 1. The summed E-state index contributed by atoms with van der Waals surface area (Å²) in [6, 6.07) is 13.1. The molecule has 4 rings (SSSR count). The monoisotopic (exact) mass is 348 g/mol. The van der Waals surface area contributed by atoms with E-state index in [1.165, 1.54) is 0 Å². The number of hydrogen-bond acceptors (Lipinski definition) is 4. The highest BCUT2D eigenvalue weighted by molar-refractivity contribution is 6.22. The highest BCUT2D eigenvalue weighted by atomic mass is 16.2. The van der Waals surface area contributed by atoms with Gasteiger partial charge in [0.15, 0.2) is 0 Å². The van der Waals surface area contributed by atoms with Gasteiger partial charge in [0.1, 0.15) is 6.04 Å². The molecule has 2 aromatic carbocycles. The van der Waals surface area contributed by atoms with Gasteiger partial charge < -0.3 is 4.98 Å². The smallest absolute Gasteiger partial charge is 0.262 e. The van der Waals surface area contributed by atoms with E-state index in [0.717, 1.165) is 21.4 Å². The van der Waals surface area contributed by atoms with Crippen molar-refractivity contribution in [3.05, 3.63) is 71.4 Å². The second-order valence-electron chi connectivity index (χ2n) is 6.11. The maximum atomic E-state index is 12.7. The molecule has 0 unspecified atom stereocenters. The number of para-hydroxylation sites is 1. The van der Waals surface area contributed by atoms with E-state index in [2.05, 4.69) is 10.4 Å². The van der Waals surface area contributed by atoms with E-state index in [1.54, 1.807) is 30.5 Å². The summed E-state index contributed by atoms with van der Waals surface area (Å²) in [6.07, 6.45) is 1.94. The maximum absolute atomic E-state index is 12.7. The number of aromatic amines is 1. The van der Waals surface area contributed by atoms with E-state index in [9.17, 15) is 14.4 Å². The first-order chi connectivity index (χ1) is 12.6. The van der Waals surface area contributed by atoms with Crippen LogP contribution in [0.5, 0.6) is 0 Å². The topological polar surface area (TPSA) is 108 Å². The van der Waals surface area contributed by atoms with Crippen LogP contribution in [0.3, 0.4) is 0 Å². The molecule has 7 heteroatoms. The molecular formula is C19H16N4O3. The van der Waals surface area contributed by atoms with Crippen LogP contribution < -0.4 is 11.3 Å². The van der Waals surface area contributed by atoms with Gasteiger partial charge in [-0.2, -0.15) is 0 Å². The highest BCUT2D eigenvalue weighted by Crippen LogP contribution is 2.27. The van der Waals surface area contributed by atoms with Crippen molar-refractivity contribution in [2.75, 3.05) is 0 Å². The summed E-state index contributed by atoms with van der Waals surface area (Å²) in [7, 11) is 0. The average molecular weight is 348 g/mol. The molecule has 4 N–H and O–H groups in total. The molecule has 0 fully saturated rings. The highest BCUT2D eigenvalue weighted by Gasteiger charge is 2.42. The Kier molecular flexibility index (Phi) is 3.78. The number of hydrazine groups is 1. The lowest BCUT2D eigenvalue weighted by Crippen LogP contribution is -2.52. The minimum absolute atomic E-state index is 0.165. The fourth-order valence-electron chi connectivity index (χ4n) is 3.40. The Bertz CT molecular complexity index is 1000. The molecule has 3 aromatic rings. The summed E-state index contributed by atoms with van der Waals surface area (Å²) in [5, 5.41) is 0.930. The molecule has 130 valence electrons. The van der Waals surface area contributed by atoms with Crippen molar-refractivity contribution in [1.29, 1.82) is 0 Å². The number of amides is 3. The van der Waals surface area contributed by atoms with Gasteiger partial charge in [0.25, 0.3) is 17.7 Å². The molecule has 1 aliphatic heterocycles. The summed E-state index contributed by atoms with van der Waals surface area (Å²) in [5.41, 5.74) is 4.41. The van der Waals surface area contributed by atoms with Crippen LogP contribution in [0, 0.1) is 0 Å². The van der Waals surface area contributed by atoms with Crippen LogP contribution in [0.15, 0.2) is 54.7 Å². The van der Waals surface area contributed by atoms with E-state index < -0.39 is 23.8 Å². The van der Waals surface area contributed by atoms with Gasteiger partial charge in [-0.15, -0.1) is 0 Å². The number of carbonyl (C=O) groups excluding carboxylic acids is 3. The molecule has 2 heterocycles. The van der Waals surface area contributed by atoms with Crippen LogP contribution in [0.4, 0.5) is 0 Å². The van der Waals surface area contributed by atoms with E-state index in [0.29, 0.717) is 11.1 Å². The molecular weight excluding hydrogens is 332 g/mol. The van der Waals surface area contributed by atoms with Crippen molar-refractivity contribution in [3.8, 4) is 0 Å². The number of nitrogens with one attached hydrogen (secondary N) is 2. The molecule has 26 heavy (non-hydrogen) atoms. The molecule has 0 aliphatic carbocycles. The molecule has 0 spiro atoms. The first-order valence-corrected chi connectivity index (χ1v) is 8.14. The molecule has 0 radical (unpaired) electrons. The van der Waals surface area contributed by atoms with E-state index in [1.807, 2.05) is 24.3 Å². The van der Waals surface area contributed by atoms with Crippen LogP contribution in [0.25, 0.3) is 10.9 Å². The number of nitrogens with two attached hydrogens (primary N) is 1. The van der Waals surface area contributed by atoms with Gasteiger partial charge in [-0.3, -0.25) is 24.7 Å². The van der Waals surface area contributed by atoms with Gasteiger partial charge in [-0.25, -0.2) is 5.84 Å². The van der Waals surface area contributed by atoms with Gasteiger partial charge in [-0.05, 0) is 23.8 Å². The lowest BCUT2D eigenvalue weighted by molar-refractivity contribution is -0.125. The number of carbonyl (C=O) groups is 3. The second kappa shape index (κ2) is 6.12. The summed E-state index contributed by atoms with van der Waals surface area (Å²) < 4.78 is 0. The SMILES string of the molecule is NNC(=O)[C@H](Cc1c[nH]c2ccccc12)N1C(=O)c2ccccc2C1=O. The lowest BCUT2D eigenvalue weighted by Gasteiger charge is -2.24. The van der Waals surface area contributed by atoms with Crippen LogP contribution in [-0.2, 0) is 11.2 Å². The Morgan fingerprint density at radius 3 is 2.31 bits per heavy atom. The maximum Gasteiger partial charge on any atom is 0.262 e. The minimum Gasteiger partial charge on any atom is -0.361 e. The average Bonchev–Trinajstić information content (AvgIpc) is 3.19. The van der Waals surface area contributed by atoms with Crippen molar-refractivity contribution in [1.82, 2.24) is 15.3 Å².